The molecule has 4 nitrogen and oxygen atoms in total. The Kier molecular flexibility index (Phi) is 4.99. The molecule has 114 valence electrons. The lowest BCUT2D eigenvalue weighted by Crippen LogP contribution is -2.65. The van der Waals surface area contributed by atoms with Crippen molar-refractivity contribution in [3.8, 4) is 0 Å². The fraction of sp³-hybridized carbons (Fsp3) is 0.529. The highest BCUT2D eigenvalue weighted by Crippen LogP contribution is 2.19. The van der Waals surface area contributed by atoms with Crippen molar-refractivity contribution in [3.05, 3.63) is 35.9 Å². The number of carbonyl (C=O) groups excluding carboxylic acids is 2. The van der Waals surface area contributed by atoms with Gasteiger partial charge in [-0.15, -0.1) is 0 Å². The molecule has 1 heterocycles. The van der Waals surface area contributed by atoms with E-state index in [2.05, 4.69) is 5.32 Å². The summed E-state index contributed by atoms with van der Waals surface area (Å²) in [6, 6.07) is 9.03. The Bertz CT molecular complexity index is 499. The third kappa shape index (κ3) is 3.43. The first kappa shape index (κ1) is 15.5. The van der Waals surface area contributed by atoms with Gasteiger partial charge in [-0.3, -0.25) is 9.59 Å². The topological polar surface area (TPSA) is 49.4 Å². The highest BCUT2D eigenvalue weighted by atomic mass is 16.2. The summed E-state index contributed by atoms with van der Waals surface area (Å²) in [5.74, 6) is 0.135. The molecule has 1 aliphatic heterocycles. The first-order chi connectivity index (χ1) is 10.0. The zero-order valence-corrected chi connectivity index (χ0v) is 13.0. The third-order valence-corrected chi connectivity index (χ3v) is 3.88. The van der Waals surface area contributed by atoms with Crippen LogP contribution in [-0.4, -0.2) is 35.3 Å². The van der Waals surface area contributed by atoms with Crippen molar-refractivity contribution in [1.82, 2.24) is 10.2 Å². The Labute approximate surface area is 126 Å². The lowest BCUT2D eigenvalue weighted by Gasteiger charge is -2.40. The van der Waals surface area contributed by atoms with Gasteiger partial charge in [0.25, 0.3) is 0 Å². The summed E-state index contributed by atoms with van der Waals surface area (Å²) in [5.41, 5.74) is 1.07. The number of nitrogens with zero attached hydrogens (tertiary/aromatic N) is 1. The maximum Gasteiger partial charge on any atom is 0.246 e. The van der Waals surface area contributed by atoms with Crippen LogP contribution in [0.4, 0.5) is 0 Å². The van der Waals surface area contributed by atoms with E-state index in [4.69, 9.17) is 0 Å². The average molecular weight is 288 g/mol. The van der Waals surface area contributed by atoms with Gasteiger partial charge in [-0.25, -0.2) is 0 Å². The molecule has 4 heteroatoms. The van der Waals surface area contributed by atoms with Crippen LogP contribution in [0.5, 0.6) is 0 Å². The van der Waals surface area contributed by atoms with E-state index in [0.717, 1.165) is 12.0 Å². The molecular formula is C17H24N2O2. The Morgan fingerprint density at radius 2 is 1.86 bits per heavy atom. The number of piperazine rings is 1. The zero-order valence-electron chi connectivity index (χ0n) is 13.0. The number of hydrogen-bond acceptors (Lipinski definition) is 2. The van der Waals surface area contributed by atoms with E-state index in [1.165, 1.54) is 0 Å². The van der Waals surface area contributed by atoms with Crippen molar-refractivity contribution >= 4 is 11.8 Å². The van der Waals surface area contributed by atoms with E-state index < -0.39 is 6.04 Å². The second kappa shape index (κ2) is 6.74. The number of carbonyl (C=O) groups is 2. The molecule has 2 unspecified atom stereocenters. The number of hydrogen-bond donors (Lipinski definition) is 1. The number of rotatable bonds is 5. The fourth-order valence-corrected chi connectivity index (χ4v) is 2.94. The molecule has 21 heavy (non-hydrogen) atoms. The molecular weight excluding hydrogens is 264 g/mol. The van der Waals surface area contributed by atoms with Gasteiger partial charge in [0.05, 0.1) is 0 Å². The molecule has 0 saturated carbocycles. The van der Waals surface area contributed by atoms with Crippen LogP contribution in [0.3, 0.4) is 0 Å². The van der Waals surface area contributed by atoms with Gasteiger partial charge in [0.1, 0.15) is 12.1 Å². The Morgan fingerprint density at radius 1 is 1.19 bits per heavy atom. The minimum absolute atomic E-state index is 0.0287. The molecule has 1 N–H and O–H groups in total. The van der Waals surface area contributed by atoms with Gasteiger partial charge in [0.2, 0.25) is 11.8 Å². The van der Waals surface area contributed by atoms with Crippen LogP contribution in [0.15, 0.2) is 30.3 Å². The summed E-state index contributed by atoms with van der Waals surface area (Å²) in [4.78, 5) is 26.8. The van der Waals surface area contributed by atoms with E-state index in [0.29, 0.717) is 13.0 Å². The van der Waals surface area contributed by atoms with E-state index in [1.54, 1.807) is 4.90 Å². The van der Waals surface area contributed by atoms with Gasteiger partial charge in [-0.1, -0.05) is 51.1 Å². The summed E-state index contributed by atoms with van der Waals surface area (Å²) in [5, 5.41) is 2.90. The van der Waals surface area contributed by atoms with Crippen molar-refractivity contribution in [2.24, 2.45) is 5.92 Å². The van der Waals surface area contributed by atoms with E-state index in [1.807, 2.05) is 51.1 Å². The average Bonchev–Trinajstić information content (AvgIpc) is 2.45. The summed E-state index contributed by atoms with van der Waals surface area (Å²) in [6.07, 6.45) is 1.41. The van der Waals surface area contributed by atoms with Gasteiger partial charge in [-0.2, -0.15) is 0 Å². The SMILES string of the molecule is CCCN1C(=O)C(Cc2ccccc2)NC(=O)C1C(C)C. The van der Waals surface area contributed by atoms with Gasteiger partial charge < -0.3 is 10.2 Å². The van der Waals surface area contributed by atoms with Crippen LogP contribution in [0.2, 0.25) is 0 Å². The lowest BCUT2D eigenvalue weighted by molar-refractivity contribution is -0.151. The highest BCUT2D eigenvalue weighted by Gasteiger charge is 2.41. The molecule has 1 aromatic rings. The highest BCUT2D eigenvalue weighted by molar-refractivity contribution is 5.97. The molecule has 0 aliphatic carbocycles. The van der Waals surface area contributed by atoms with Crippen LogP contribution in [0, 0.1) is 5.92 Å². The molecule has 1 aliphatic rings. The summed E-state index contributed by atoms with van der Waals surface area (Å²) < 4.78 is 0. The normalized spacial score (nSPS) is 22.6. The van der Waals surface area contributed by atoms with Crippen molar-refractivity contribution in [1.29, 1.82) is 0 Å². The summed E-state index contributed by atoms with van der Waals surface area (Å²) >= 11 is 0. The lowest BCUT2D eigenvalue weighted by atomic mass is 9.94. The summed E-state index contributed by atoms with van der Waals surface area (Å²) in [7, 11) is 0. The Morgan fingerprint density at radius 3 is 2.43 bits per heavy atom. The minimum Gasteiger partial charge on any atom is -0.342 e. The van der Waals surface area contributed by atoms with Crippen LogP contribution in [-0.2, 0) is 16.0 Å². The van der Waals surface area contributed by atoms with Crippen molar-refractivity contribution in [3.63, 3.8) is 0 Å². The quantitative estimate of drug-likeness (QED) is 0.901. The maximum atomic E-state index is 12.7. The fourth-order valence-electron chi connectivity index (χ4n) is 2.94. The largest absolute Gasteiger partial charge is 0.342 e. The Balaban J connectivity index is 2.18. The van der Waals surface area contributed by atoms with Crippen molar-refractivity contribution < 1.29 is 9.59 Å². The molecule has 0 aromatic heterocycles. The van der Waals surface area contributed by atoms with Crippen molar-refractivity contribution in [2.75, 3.05) is 6.54 Å². The molecule has 2 atom stereocenters. The number of benzene rings is 1. The Hall–Kier alpha value is -1.84. The first-order valence-corrected chi connectivity index (χ1v) is 7.69. The molecule has 1 aromatic carbocycles. The van der Waals surface area contributed by atoms with Crippen LogP contribution in [0.25, 0.3) is 0 Å². The second-order valence-electron chi connectivity index (χ2n) is 5.97. The van der Waals surface area contributed by atoms with Gasteiger partial charge in [0, 0.05) is 13.0 Å². The van der Waals surface area contributed by atoms with E-state index in [9.17, 15) is 9.59 Å². The van der Waals surface area contributed by atoms with Crippen LogP contribution >= 0.6 is 0 Å². The molecule has 0 spiro atoms. The van der Waals surface area contributed by atoms with E-state index >= 15 is 0 Å². The van der Waals surface area contributed by atoms with E-state index in [-0.39, 0.29) is 23.8 Å². The number of amides is 2. The predicted octanol–water partition coefficient (Wildman–Crippen LogP) is 1.99. The first-order valence-electron chi connectivity index (χ1n) is 7.69. The second-order valence-corrected chi connectivity index (χ2v) is 5.97. The molecule has 1 saturated heterocycles. The number of nitrogens with one attached hydrogen (secondary N) is 1. The zero-order chi connectivity index (χ0) is 15.4. The van der Waals surface area contributed by atoms with Gasteiger partial charge in [0.15, 0.2) is 0 Å². The van der Waals surface area contributed by atoms with Crippen molar-refractivity contribution in [2.45, 2.75) is 45.7 Å². The molecule has 2 rings (SSSR count). The maximum absolute atomic E-state index is 12.7. The molecule has 1 fully saturated rings. The molecule has 0 radical (unpaired) electrons. The minimum atomic E-state index is -0.443. The van der Waals surface area contributed by atoms with Crippen LogP contribution in [0.1, 0.15) is 32.8 Å². The van der Waals surface area contributed by atoms with Gasteiger partial charge >= 0.3 is 0 Å². The molecule has 2 amide bonds. The smallest absolute Gasteiger partial charge is 0.246 e. The standard InChI is InChI=1S/C17H24N2O2/c1-4-10-19-15(12(2)3)16(20)18-14(17(19)21)11-13-8-6-5-7-9-13/h5-9,12,14-15H,4,10-11H2,1-3H3,(H,18,20). The monoisotopic (exact) mass is 288 g/mol. The summed E-state index contributed by atoms with van der Waals surface area (Å²) in [6.45, 7) is 6.64. The third-order valence-electron chi connectivity index (χ3n) is 3.88. The van der Waals surface area contributed by atoms with Crippen LogP contribution < -0.4 is 5.32 Å². The van der Waals surface area contributed by atoms with Gasteiger partial charge in [-0.05, 0) is 17.9 Å². The molecule has 0 bridgehead atoms. The predicted molar refractivity (Wildman–Crippen MR) is 82.7 cm³/mol.